The molecule has 0 saturated carbocycles. The molecule has 0 aliphatic carbocycles. The molecule has 100 valence electrons. The van der Waals surface area contributed by atoms with Gasteiger partial charge in [0.2, 0.25) is 0 Å². The van der Waals surface area contributed by atoms with Crippen molar-refractivity contribution in [1.82, 2.24) is 10.3 Å². The largest absolute Gasteiger partial charge is 0.305 e. The molecule has 1 unspecified atom stereocenters. The molecule has 1 N–H and O–H groups in total. The Morgan fingerprint density at radius 2 is 1.84 bits per heavy atom. The van der Waals surface area contributed by atoms with Crippen LogP contribution in [0.5, 0.6) is 0 Å². The number of aromatic nitrogens is 1. The molecule has 1 aromatic heterocycles. The molecule has 0 aliphatic rings. The molecule has 2 rings (SSSR count). The molecule has 1 heterocycles. The monoisotopic (exact) mass is 266 g/mol. The van der Waals surface area contributed by atoms with Gasteiger partial charge in [0.05, 0.1) is 5.69 Å². The van der Waals surface area contributed by atoms with E-state index in [0.29, 0.717) is 6.07 Å². The topological polar surface area (TPSA) is 24.9 Å². The lowest BCUT2D eigenvalue weighted by Gasteiger charge is -2.13. The fourth-order valence-corrected chi connectivity index (χ4v) is 1.70. The van der Waals surface area contributed by atoms with Gasteiger partial charge in [-0.05, 0) is 25.1 Å². The smallest absolute Gasteiger partial charge is 0.161 e. The van der Waals surface area contributed by atoms with Crippen molar-refractivity contribution in [1.29, 1.82) is 0 Å². The van der Waals surface area contributed by atoms with Crippen LogP contribution in [0.4, 0.5) is 13.2 Å². The van der Waals surface area contributed by atoms with E-state index in [1.54, 1.807) is 12.3 Å². The van der Waals surface area contributed by atoms with E-state index in [9.17, 15) is 13.2 Å². The molecule has 0 radical (unpaired) electrons. The van der Waals surface area contributed by atoms with Crippen LogP contribution in [0.25, 0.3) is 0 Å². The van der Waals surface area contributed by atoms with Gasteiger partial charge in [-0.1, -0.05) is 6.07 Å². The third-order valence-electron chi connectivity index (χ3n) is 2.82. The van der Waals surface area contributed by atoms with Gasteiger partial charge in [0.1, 0.15) is 5.82 Å². The van der Waals surface area contributed by atoms with Gasteiger partial charge in [0, 0.05) is 30.4 Å². The number of rotatable bonds is 4. The zero-order chi connectivity index (χ0) is 13.8. The van der Waals surface area contributed by atoms with E-state index in [2.05, 4.69) is 10.3 Å². The lowest BCUT2D eigenvalue weighted by Crippen LogP contribution is -2.19. The van der Waals surface area contributed by atoms with Crippen LogP contribution in [0.3, 0.4) is 0 Å². The summed E-state index contributed by atoms with van der Waals surface area (Å²) in [5, 5.41) is 3.01. The molecule has 1 atom stereocenters. The maximum atomic E-state index is 13.4. The van der Waals surface area contributed by atoms with Crippen molar-refractivity contribution in [2.45, 2.75) is 19.5 Å². The van der Waals surface area contributed by atoms with Crippen molar-refractivity contribution < 1.29 is 13.2 Å². The minimum Gasteiger partial charge on any atom is -0.305 e. The maximum Gasteiger partial charge on any atom is 0.161 e. The average molecular weight is 266 g/mol. The molecule has 2 nitrogen and oxygen atoms in total. The minimum absolute atomic E-state index is 0.0849. The SMILES string of the molecule is CC(NCc1cc(F)c(F)cc1F)c1ccccn1. The summed E-state index contributed by atoms with van der Waals surface area (Å²) in [6.07, 6.45) is 1.66. The van der Waals surface area contributed by atoms with Crippen molar-refractivity contribution in [3.63, 3.8) is 0 Å². The molecule has 1 aromatic carbocycles. The van der Waals surface area contributed by atoms with Crippen molar-refractivity contribution in [3.05, 3.63) is 65.2 Å². The Morgan fingerprint density at radius 3 is 2.53 bits per heavy atom. The van der Waals surface area contributed by atoms with Crippen molar-refractivity contribution in [2.24, 2.45) is 0 Å². The first-order valence-electron chi connectivity index (χ1n) is 5.85. The Hall–Kier alpha value is -1.88. The van der Waals surface area contributed by atoms with E-state index in [1.807, 2.05) is 19.1 Å². The van der Waals surface area contributed by atoms with Crippen LogP contribution in [0.15, 0.2) is 36.5 Å². The van der Waals surface area contributed by atoms with E-state index in [4.69, 9.17) is 0 Å². The van der Waals surface area contributed by atoms with Crippen molar-refractivity contribution in [2.75, 3.05) is 0 Å². The lowest BCUT2D eigenvalue weighted by atomic mass is 10.1. The summed E-state index contributed by atoms with van der Waals surface area (Å²) in [6.45, 7) is 1.96. The van der Waals surface area contributed by atoms with E-state index in [0.717, 1.165) is 11.8 Å². The van der Waals surface area contributed by atoms with Gasteiger partial charge in [0.25, 0.3) is 0 Å². The number of benzene rings is 1. The molecule has 0 spiro atoms. The Balaban J connectivity index is 2.05. The molecule has 0 bridgehead atoms. The molecule has 19 heavy (non-hydrogen) atoms. The van der Waals surface area contributed by atoms with E-state index in [1.165, 1.54) is 0 Å². The fraction of sp³-hybridized carbons (Fsp3) is 0.214. The highest BCUT2D eigenvalue weighted by Crippen LogP contribution is 2.15. The summed E-state index contributed by atoms with van der Waals surface area (Å²) < 4.78 is 39.2. The first-order chi connectivity index (χ1) is 9.08. The molecule has 0 aliphatic heterocycles. The van der Waals surface area contributed by atoms with Gasteiger partial charge in [-0.3, -0.25) is 4.98 Å². The minimum atomic E-state index is -1.18. The average Bonchev–Trinajstić information content (AvgIpc) is 2.42. The van der Waals surface area contributed by atoms with Crippen LogP contribution >= 0.6 is 0 Å². The van der Waals surface area contributed by atoms with Crippen LogP contribution in [0.2, 0.25) is 0 Å². The summed E-state index contributed by atoms with van der Waals surface area (Å²) in [5.74, 6) is -3.00. The number of halogens is 3. The second-order valence-corrected chi connectivity index (χ2v) is 4.21. The third-order valence-corrected chi connectivity index (χ3v) is 2.82. The van der Waals surface area contributed by atoms with E-state index < -0.39 is 17.5 Å². The van der Waals surface area contributed by atoms with Gasteiger partial charge in [-0.15, -0.1) is 0 Å². The predicted octanol–water partition coefficient (Wildman–Crippen LogP) is 3.35. The zero-order valence-corrected chi connectivity index (χ0v) is 10.3. The Morgan fingerprint density at radius 1 is 1.11 bits per heavy atom. The normalized spacial score (nSPS) is 12.4. The standard InChI is InChI=1S/C14H13F3N2/c1-9(14-4-2-3-5-18-14)19-8-10-6-12(16)13(17)7-11(10)15/h2-7,9,19H,8H2,1H3. The highest BCUT2D eigenvalue weighted by molar-refractivity contribution is 5.20. The van der Waals surface area contributed by atoms with E-state index in [-0.39, 0.29) is 18.2 Å². The van der Waals surface area contributed by atoms with Crippen molar-refractivity contribution >= 4 is 0 Å². The van der Waals surface area contributed by atoms with Crippen LogP contribution in [-0.4, -0.2) is 4.98 Å². The Kier molecular flexibility index (Phi) is 4.16. The van der Waals surface area contributed by atoms with Gasteiger partial charge in [-0.2, -0.15) is 0 Å². The molecule has 5 heteroatoms. The summed E-state index contributed by atoms with van der Waals surface area (Å²) >= 11 is 0. The number of hydrogen-bond donors (Lipinski definition) is 1. The predicted molar refractivity (Wildman–Crippen MR) is 65.8 cm³/mol. The molecular weight excluding hydrogens is 253 g/mol. The summed E-state index contributed by atoms with van der Waals surface area (Å²) in [5.41, 5.74) is 0.882. The highest BCUT2D eigenvalue weighted by atomic mass is 19.2. The van der Waals surface area contributed by atoms with Crippen LogP contribution in [0.1, 0.15) is 24.2 Å². The van der Waals surface area contributed by atoms with Gasteiger partial charge in [0.15, 0.2) is 11.6 Å². The van der Waals surface area contributed by atoms with Gasteiger partial charge < -0.3 is 5.32 Å². The van der Waals surface area contributed by atoms with E-state index >= 15 is 0 Å². The second-order valence-electron chi connectivity index (χ2n) is 4.21. The second kappa shape index (κ2) is 5.84. The number of nitrogens with zero attached hydrogens (tertiary/aromatic N) is 1. The van der Waals surface area contributed by atoms with Crippen LogP contribution in [0, 0.1) is 17.5 Å². The number of nitrogens with one attached hydrogen (secondary N) is 1. The first kappa shape index (κ1) is 13.5. The Bertz CT molecular complexity index is 558. The van der Waals surface area contributed by atoms with Crippen LogP contribution < -0.4 is 5.32 Å². The summed E-state index contributed by atoms with van der Waals surface area (Å²) in [4.78, 5) is 4.15. The molecule has 2 aromatic rings. The first-order valence-corrected chi connectivity index (χ1v) is 5.85. The van der Waals surface area contributed by atoms with Crippen LogP contribution in [-0.2, 0) is 6.54 Å². The third kappa shape index (κ3) is 3.32. The molecule has 0 saturated heterocycles. The Labute approximate surface area is 109 Å². The fourth-order valence-electron chi connectivity index (χ4n) is 1.70. The maximum absolute atomic E-state index is 13.4. The number of hydrogen-bond acceptors (Lipinski definition) is 2. The van der Waals surface area contributed by atoms with Gasteiger partial charge >= 0.3 is 0 Å². The summed E-state index contributed by atoms with van der Waals surface area (Å²) in [6, 6.07) is 6.78. The molecule has 0 amide bonds. The highest BCUT2D eigenvalue weighted by Gasteiger charge is 2.11. The zero-order valence-electron chi connectivity index (χ0n) is 10.3. The molecular formula is C14H13F3N2. The molecule has 0 fully saturated rings. The quantitative estimate of drug-likeness (QED) is 0.858. The van der Waals surface area contributed by atoms with Crippen molar-refractivity contribution in [3.8, 4) is 0 Å². The number of pyridine rings is 1. The summed E-state index contributed by atoms with van der Waals surface area (Å²) in [7, 11) is 0. The van der Waals surface area contributed by atoms with Gasteiger partial charge in [-0.25, -0.2) is 13.2 Å². The lowest BCUT2D eigenvalue weighted by molar-refractivity contribution is 0.481.